The summed E-state index contributed by atoms with van der Waals surface area (Å²) in [4.78, 5) is 0. The molecule has 0 aliphatic rings. The van der Waals surface area contributed by atoms with Crippen molar-refractivity contribution < 1.29 is 4.74 Å². The predicted molar refractivity (Wildman–Crippen MR) is 79.8 cm³/mol. The largest absolute Gasteiger partial charge is 0.497 e. The number of aromatic nitrogens is 2. The maximum atomic E-state index is 6.27. The lowest BCUT2D eigenvalue weighted by atomic mass is 10.0. The fraction of sp³-hybridized carbons (Fsp3) is 0.357. The van der Waals surface area contributed by atoms with Crippen molar-refractivity contribution in [3.05, 3.63) is 46.7 Å². The van der Waals surface area contributed by atoms with Crippen LogP contribution in [-0.4, -0.2) is 16.9 Å². The molecule has 5 nitrogen and oxygen atoms in total. The van der Waals surface area contributed by atoms with Gasteiger partial charge in [0.15, 0.2) is 0 Å². The van der Waals surface area contributed by atoms with Crippen LogP contribution in [0.3, 0.4) is 0 Å². The zero-order valence-corrected chi connectivity index (χ0v) is 12.6. The lowest BCUT2D eigenvalue weighted by Gasteiger charge is -2.20. The average molecular weight is 295 g/mol. The fourth-order valence-corrected chi connectivity index (χ4v) is 2.40. The fourth-order valence-electron chi connectivity index (χ4n) is 2.16. The Balaban J connectivity index is 2.43. The zero-order chi connectivity index (χ0) is 14.7. The van der Waals surface area contributed by atoms with Crippen LogP contribution in [0, 0.1) is 0 Å². The maximum Gasteiger partial charge on any atom is 0.118 e. The van der Waals surface area contributed by atoms with Gasteiger partial charge in [-0.2, -0.15) is 5.10 Å². The number of halogens is 1. The van der Waals surface area contributed by atoms with E-state index in [2.05, 4.69) is 24.4 Å². The molecular weight excluding hydrogens is 276 g/mol. The van der Waals surface area contributed by atoms with Crippen molar-refractivity contribution in [2.45, 2.75) is 25.9 Å². The molecule has 1 aromatic carbocycles. The van der Waals surface area contributed by atoms with Gasteiger partial charge in [0.2, 0.25) is 0 Å². The molecule has 0 aliphatic carbocycles. The monoisotopic (exact) mass is 294 g/mol. The van der Waals surface area contributed by atoms with Crippen LogP contribution >= 0.6 is 11.6 Å². The molecular formula is C14H19ClN4O. The average Bonchev–Trinajstić information content (AvgIpc) is 2.83. The number of nitrogens with two attached hydrogens (primary N) is 1. The Morgan fingerprint density at radius 1 is 1.30 bits per heavy atom. The first-order valence-electron chi connectivity index (χ1n) is 6.41. The molecule has 0 saturated carbocycles. The van der Waals surface area contributed by atoms with Crippen LogP contribution in [0.5, 0.6) is 5.75 Å². The van der Waals surface area contributed by atoms with Crippen LogP contribution in [0.2, 0.25) is 5.02 Å². The molecule has 1 aromatic heterocycles. The minimum atomic E-state index is -0.224. The molecule has 2 rings (SSSR count). The molecule has 0 spiro atoms. The lowest BCUT2D eigenvalue weighted by molar-refractivity contribution is 0.414. The Morgan fingerprint density at radius 3 is 2.45 bits per heavy atom. The highest BCUT2D eigenvalue weighted by atomic mass is 35.5. The third-order valence-electron chi connectivity index (χ3n) is 3.17. The van der Waals surface area contributed by atoms with Crippen molar-refractivity contribution in [3.8, 4) is 5.75 Å². The van der Waals surface area contributed by atoms with Gasteiger partial charge in [-0.15, -0.1) is 0 Å². The third-order valence-corrected chi connectivity index (χ3v) is 3.46. The summed E-state index contributed by atoms with van der Waals surface area (Å²) in [5, 5.41) is 4.90. The second-order valence-electron chi connectivity index (χ2n) is 4.79. The summed E-state index contributed by atoms with van der Waals surface area (Å²) < 4.78 is 7.04. The molecule has 0 amide bonds. The molecule has 6 heteroatoms. The Hall–Kier alpha value is -1.56. The van der Waals surface area contributed by atoms with Gasteiger partial charge in [0, 0.05) is 6.04 Å². The van der Waals surface area contributed by atoms with E-state index in [1.165, 1.54) is 0 Å². The number of hydrogen-bond donors (Lipinski definition) is 2. The summed E-state index contributed by atoms with van der Waals surface area (Å²) in [5.41, 5.74) is 4.66. The van der Waals surface area contributed by atoms with Crippen LogP contribution in [0.15, 0.2) is 30.5 Å². The highest BCUT2D eigenvalue weighted by Crippen LogP contribution is 2.30. The normalized spacial score (nSPS) is 12.7. The molecule has 20 heavy (non-hydrogen) atoms. The van der Waals surface area contributed by atoms with E-state index < -0.39 is 0 Å². The van der Waals surface area contributed by atoms with Crippen molar-refractivity contribution in [3.63, 3.8) is 0 Å². The number of nitrogens with one attached hydrogen (secondary N) is 1. The van der Waals surface area contributed by atoms with Gasteiger partial charge < -0.3 is 4.74 Å². The Kier molecular flexibility index (Phi) is 4.65. The van der Waals surface area contributed by atoms with Crippen LogP contribution in [0.1, 0.15) is 37.2 Å². The van der Waals surface area contributed by atoms with Crippen molar-refractivity contribution >= 4 is 11.6 Å². The lowest BCUT2D eigenvalue weighted by Crippen LogP contribution is -2.31. The van der Waals surface area contributed by atoms with Gasteiger partial charge in [-0.3, -0.25) is 10.5 Å². The van der Waals surface area contributed by atoms with E-state index in [-0.39, 0.29) is 12.1 Å². The first-order valence-corrected chi connectivity index (χ1v) is 6.79. The van der Waals surface area contributed by atoms with E-state index in [9.17, 15) is 0 Å². The minimum absolute atomic E-state index is 0.201. The highest BCUT2D eigenvalue weighted by molar-refractivity contribution is 6.31. The van der Waals surface area contributed by atoms with Crippen molar-refractivity contribution in [1.29, 1.82) is 0 Å². The summed E-state index contributed by atoms with van der Waals surface area (Å²) in [5.74, 6) is 6.52. The molecule has 3 N–H and O–H groups in total. The quantitative estimate of drug-likeness (QED) is 0.657. The van der Waals surface area contributed by atoms with Gasteiger partial charge in [-0.1, -0.05) is 23.7 Å². The van der Waals surface area contributed by atoms with E-state index in [1.54, 1.807) is 13.3 Å². The smallest absolute Gasteiger partial charge is 0.118 e. The second-order valence-corrected chi connectivity index (χ2v) is 5.20. The van der Waals surface area contributed by atoms with Crippen LogP contribution < -0.4 is 16.0 Å². The molecule has 0 bridgehead atoms. The van der Waals surface area contributed by atoms with E-state index in [1.807, 2.05) is 28.9 Å². The first kappa shape index (κ1) is 14.8. The number of nitrogens with zero attached hydrogens (tertiary/aromatic N) is 2. The van der Waals surface area contributed by atoms with Gasteiger partial charge in [0.1, 0.15) is 5.75 Å². The molecule has 1 atom stereocenters. The van der Waals surface area contributed by atoms with Gasteiger partial charge in [0.25, 0.3) is 0 Å². The van der Waals surface area contributed by atoms with Gasteiger partial charge in [-0.05, 0) is 31.5 Å². The van der Waals surface area contributed by atoms with Crippen LogP contribution in [-0.2, 0) is 0 Å². The maximum absolute atomic E-state index is 6.27. The van der Waals surface area contributed by atoms with E-state index in [4.69, 9.17) is 22.2 Å². The van der Waals surface area contributed by atoms with Crippen molar-refractivity contribution in [2.24, 2.45) is 5.84 Å². The summed E-state index contributed by atoms with van der Waals surface area (Å²) in [6.07, 6.45) is 1.64. The number of hydrazine groups is 1. The number of methoxy groups -OCH3 is 1. The number of ether oxygens (including phenoxy) is 1. The van der Waals surface area contributed by atoms with Gasteiger partial charge in [-0.25, -0.2) is 5.43 Å². The third kappa shape index (κ3) is 2.80. The Labute approximate surface area is 123 Å². The minimum Gasteiger partial charge on any atom is -0.497 e. The van der Waals surface area contributed by atoms with Gasteiger partial charge >= 0.3 is 0 Å². The van der Waals surface area contributed by atoms with E-state index in [0.29, 0.717) is 5.02 Å². The molecule has 0 radical (unpaired) electrons. The molecule has 0 aliphatic heterocycles. The Morgan fingerprint density at radius 2 is 1.95 bits per heavy atom. The summed E-state index contributed by atoms with van der Waals surface area (Å²) in [6.45, 7) is 4.10. The summed E-state index contributed by atoms with van der Waals surface area (Å²) in [7, 11) is 1.64. The first-order chi connectivity index (χ1) is 9.58. The zero-order valence-electron chi connectivity index (χ0n) is 11.8. The highest BCUT2D eigenvalue weighted by Gasteiger charge is 2.22. The van der Waals surface area contributed by atoms with Crippen molar-refractivity contribution in [1.82, 2.24) is 15.2 Å². The molecule has 1 heterocycles. The summed E-state index contributed by atoms with van der Waals surface area (Å²) >= 11 is 6.27. The molecule has 2 aromatic rings. The van der Waals surface area contributed by atoms with Crippen LogP contribution in [0.4, 0.5) is 0 Å². The van der Waals surface area contributed by atoms with E-state index >= 15 is 0 Å². The molecule has 1 unspecified atom stereocenters. The molecule has 108 valence electrons. The van der Waals surface area contributed by atoms with Crippen molar-refractivity contribution in [2.75, 3.05) is 7.11 Å². The molecule has 0 saturated heterocycles. The number of hydrogen-bond acceptors (Lipinski definition) is 4. The SMILES string of the molecule is COc1ccc(C(NN)c2c(Cl)cnn2C(C)C)cc1. The van der Waals surface area contributed by atoms with Gasteiger partial charge in [0.05, 0.1) is 30.1 Å². The summed E-state index contributed by atoms with van der Waals surface area (Å²) in [6, 6.07) is 7.67. The number of rotatable bonds is 5. The van der Waals surface area contributed by atoms with E-state index in [0.717, 1.165) is 17.0 Å². The Bertz CT molecular complexity index is 565. The number of benzene rings is 1. The molecule has 0 fully saturated rings. The second kappa shape index (κ2) is 6.26. The standard InChI is InChI=1S/C14H19ClN4O/c1-9(2)19-14(12(15)8-17-19)13(18-16)10-4-6-11(20-3)7-5-10/h4-9,13,18H,16H2,1-3H3. The van der Waals surface area contributed by atoms with Crippen LogP contribution in [0.25, 0.3) is 0 Å². The predicted octanol–water partition coefficient (Wildman–Crippen LogP) is 2.68. The topological polar surface area (TPSA) is 65.1 Å².